The lowest BCUT2D eigenvalue weighted by molar-refractivity contribution is -0.123. The minimum absolute atomic E-state index is 0.0210. The molecule has 0 aliphatic rings. The molecule has 0 heterocycles. The Kier molecular flexibility index (Phi) is 6.54. The molecule has 5 heteroatoms. The van der Waals surface area contributed by atoms with E-state index in [2.05, 4.69) is 10.6 Å². The first-order valence-corrected chi connectivity index (χ1v) is 6.37. The fourth-order valence-corrected chi connectivity index (χ4v) is 1.49. The third kappa shape index (κ3) is 5.38. The van der Waals surface area contributed by atoms with Gasteiger partial charge in [-0.25, -0.2) is 0 Å². The van der Waals surface area contributed by atoms with E-state index in [-0.39, 0.29) is 12.5 Å². The van der Waals surface area contributed by atoms with Crippen LogP contribution in [0.1, 0.15) is 12.5 Å². The molecule has 0 atom stereocenters. The molecule has 0 bridgehead atoms. The maximum atomic E-state index is 11.4. The van der Waals surface area contributed by atoms with Gasteiger partial charge in [-0.1, -0.05) is 18.5 Å². The van der Waals surface area contributed by atoms with Crippen molar-refractivity contribution >= 4 is 17.5 Å². The van der Waals surface area contributed by atoms with Crippen LogP contribution in [-0.4, -0.2) is 32.1 Å². The van der Waals surface area contributed by atoms with Crippen LogP contribution in [0.15, 0.2) is 18.2 Å². The number of hydrogen-bond acceptors (Lipinski definition) is 3. The van der Waals surface area contributed by atoms with Gasteiger partial charge in [0.25, 0.3) is 5.91 Å². The number of ether oxygens (including phenoxy) is 1. The molecule has 1 aromatic carbocycles. The molecule has 1 aromatic rings. The van der Waals surface area contributed by atoms with Gasteiger partial charge in [-0.3, -0.25) is 4.79 Å². The van der Waals surface area contributed by atoms with Crippen LogP contribution in [0.5, 0.6) is 5.75 Å². The summed E-state index contributed by atoms with van der Waals surface area (Å²) in [5.74, 6) is 0.527. The van der Waals surface area contributed by atoms with Gasteiger partial charge in [0.1, 0.15) is 5.75 Å². The van der Waals surface area contributed by atoms with Gasteiger partial charge in [0.05, 0.1) is 0 Å². The summed E-state index contributed by atoms with van der Waals surface area (Å²) >= 11 is 5.90. The van der Waals surface area contributed by atoms with Crippen molar-refractivity contribution in [1.82, 2.24) is 10.6 Å². The highest BCUT2D eigenvalue weighted by Crippen LogP contribution is 2.20. The molecule has 0 unspecified atom stereocenters. The molecule has 100 valence electrons. The topological polar surface area (TPSA) is 50.4 Å². The van der Waals surface area contributed by atoms with Crippen molar-refractivity contribution in [2.45, 2.75) is 13.8 Å². The second kappa shape index (κ2) is 7.95. The van der Waals surface area contributed by atoms with Gasteiger partial charge in [0.15, 0.2) is 6.61 Å². The summed E-state index contributed by atoms with van der Waals surface area (Å²) < 4.78 is 5.37. The Bertz CT molecular complexity index is 397. The van der Waals surface area contributed by atoms with Crippen molar-refractivity contribution in [3.63, 3.8) is 0 Å². The second-order valence-corrected chi connectivity index (χ2v) is 4.31. The zero-order chi connectivity index (χ0) is 13.4. The van der Waals surface area contributed by atoms with Crippen LogP contribution < -0.4 is 15.4 Å². The molecule has 0 spiro atoms. The quantitative estimate of drug-likeness (QED) is 0.743. The lowest BCUT2D eigenvalue weighted by Gasteiger charge is -2.08. The maximum absolute atomic E-state index is 11.4. The van der Waals surface area contributed by atoms with Crippen molar-refractivity contribution < 1.29 is 9.53 Å². The Hall–Kier alpha value is -1.26. The summed E-state index contributed by atoms with van der Waals surface area (Å²) in [6, 6.07) is 5.32. The Morgan fingerprint density at radius 1 is 1.39 bits per heavy atom. The number of halogens is 1. The first kappa shape index (κ1) is 14.8. The van der Waals surface area contributed by atoms with E-state index in [1.54, 1.807) is 12.1 Å². The lowest BCUT2D eigenvalue weighted by Crippen LogP contribution is -2.34. The monoisotopic (exact) mass is 270 g/mol. The smallest absolute Gasteiger partial charge is 0.257 e. The van der Waals surface area contributed by atoms with Crippen LogP contribution in [0.4, 0.5) is 0 Å². The standard InChI is InChI=1S/C13H19ClN2O2/c1-3-15-6-7-16-13(17)9-18-11-4-5-12(14)10(2)8-11/h4-5,8,15H,3,6-7,9H2,1-2H3,(H,16,17). The first-order chi connectivity index (χ1) is 8.63. The molecule has 0 aliphatic heterocycles. The third-order valence-electron chi connectivity index (χ3n) is 2.37. The molecule has 0 saturated heterocycles. The van der Waals surface area contributed by atoms with Crippen molar-refractivity contribution in [1.29, 1.82) is 0 Å². The number of hydrogen-bond donors (Lipinski definition) is 2. The fourth-order valence-electron chi connectivity index (χ4n) is 1.37. The van der Waals surface area contributed by atoms with E-state index < -0.39 is 0 Å². The minimum atomic E-state index is -0.125. The van der Waals surface area contributed by atoms with Gasteiger partial charge in [0, 0.05) is 18.1 Å². The predicted molar refractivity (Wildman–Crippen MR) is 73.2 cm³/mol. The Morgan fingerprint density at radius 3 is 2.83 bits per heavy atom. The number of rotatable bonds is 7. The van der Waals surface area contributed by atoms with Gasteiger partial charge < -0.3 is 15.4 Å². The Morgan fingerprint density at radius 2 is 2.17 bits per heavy atom. The average molecular weight is 271 g/mol. The normalized spacial score (nSPS) is 10.2. The number of benzene rings is 1. The number of nitrogens with one attached hydrogen (secondary N) is 2. The highest BCUT2D eigenvalue weighted by molar-refractivity contribution is 6.31. The van der Waals surface area contributed by atoms with Gasteiger partial charge in [-0.15, -0.1) is 0 Å². The Labute approximate surface area is 113 Å². The SMILES string of the molecule is CCNCCNC(=O)COc1ccc(Cl)c(C)c1. The molecular weight excluding hydrogens is 252 g/mol. The highest BCUT2D eigenvalue weighted by atomic mass is 35.5. The number of amides is 1. The number of aryl methyl sites for hydroxylation is 1. The predicted octanol–water partition coefficient (Wildman–Crippen LogP) is 1.75. The van der Waals surface area contributed by atoms with E-state index >= 15 is 0 Å². The summed E-state index contributed by atoms with van der Waals surface area (Å²) in [5, 5.41) is 6.57. The Balaban J connectivity index is 2.27. The third-order valence-corrected chi connectivity index (χ3v) is 2.80. The zero-order valence-electron chi connectivity index (χ0n) is 10.8. The van der Waals surface area contributed by atoms with Crippen molar-refractivity contribution in [2.24, 2.45) is 0 Å². The molecule has 1 rings (SSSR count). The van der Waals surface area contributed by atoms with Gasteiger partial charge in [-0.05, 0) is 37.2 Å². The lowest BCUT2D eigenvalue weighted by atomic mass is 10.2. The van der Waals surface area contributed by atoms with Crippen molar-refractivity contribution in [2.75, 3.05) is 26.2 Å². The fraction of sp³-hybridized carbons (Fsp3) is 0.462. The van der Waals surface area contributed by atoms with E-state index in [1.807, 2.05) is 19.9 Å². The van der Waals surface area contributed by atoms with Crippen LogP contribution in [0, 0.1) is 6.92 Å². The summed E-state index contributed by atoms with van der Waals surface area (Å²) in [6.07, 6.45) is 0. The summed E-state index contributed by atoms with van der Waals surface area (Å²) in [4.78, 5) is 11.4. The minimum Gasteiger partial charge on any atom is -0.484 e. The van der Waals surface area contributed by atoms with E-state index in [0.29, 0.717) is 17.3 Å². The molecule has 2 N–H and O–H groups in total. The summed E-state index contributed by atoms with van der Waals surface area (Å²) in [6.45, 7) is 6.21. The first-order valence-electron chi connectivity index (χ1n) is 6.00. The second-order valence-electron chi connectivity index (χ2n) is 3.90. The summed E-state index contributed by atoms with van der Waals surface area (Å²) in [7, 11) is 0. The van der Waals surface area contributed by atoms with Crippen LogP contribution in [0.25, 0.3) is 0 Å². The summed E-state index contributed by atoms with van der Waals surface area (Å²) in [5.41, 5.74) is 0.932. The molecule has 0 aromatic heterocycles. The molecule has 18 heavy (non-hydrogen) atoms. The van der Waals surface area contributed by atoms with Crippen LogP contribution >= 0.6 is 11.6 Å². The van der Waals surface area contributed by atoms with Gasteiger partial charge >= 0.3 is 0 Å². The molecule has 1 amide bonds. The van der Waals surface area contributed by atoms with Crippen LogP contribution in [0.2, 0.25) is 5.02 Å². The van der Waals surface area contributed by atoms with Gasteiger partial charge in [0.2, 0.25) is 0 Å². The number of carbonyl (C=O) groups is 1. The van der Waals surface area contributed by atoms with E-state index in [1.165, 1.54) is 0 Å². The van der Waals surface area contributed by atoms with Crippen LogP contribution in [0.3, 0.4) is 0 Å². The van der Waals surface area contributed by atoms with Crippen molar-refractivity contribution in [3.05, 3.63) is 28.8 Å². The average Bonchev–Trinajstić information content (AvgIpc) is 2.36. The molecule has 0 fully saturated rings. The van der Waals surface area contributed by atoms with E-state index in [9.17, 15) is 4.79 Å². The number of likely N-dealkylation sites (N-methyl/N-ethyl adjacent to an activating group) is 1. The molecular formula is C13H19ClN2O2. The zero-order valence-corrected chi connectivity index (χ0v) is 11.5. The molecule has 0 radical (unpaired) electrons. The van der Waals surface area contributed by atoms with Gasteiger partial charge in [-0.2, -0.15) is 0 Å². The molecule has 0 saturated carbocycles. The van der Waals surface area contributed by atoms with E-state index in [4.69, 9.17) is 16.3 Å². The largest absolute Gasteiger partial charge is 0.484 e. The van der Waals surface area contributed by atoms with E-state index in [0.717, 1.165) is 18.7 Å². The highest BCUT2D eigenvalue weighted by Gasteiger charge is 2.03. The van der Waals surface area contributed by atoms with Crippen molar-refractivity contribution in [3.8, 4) is 5.75 Å². The molecule has 0 aliphatic carbocycles. The van der Waals surface area contributed by atoms with Crippen LogP contribution in [-0.2, 0) is 4.79 Å². The number of carbonyl (C=O) groups excluding carboxylic acids is 1. The molecule has 4 nitrogen and oxygen atoms in total. The maximum Gasteiger partial charge on any atom is 0.257 e.